The lowest BCUT2D eigenvalue weighted by atomic mass is 10.2. The Bertz CT molecular complexity index is 929. The summed E-state index contributed by atoms with van der Waals surface area (Å²) < 4.78 is 18.3. The summed E-state index contributed by atoms with van der Waals surface area (Å²) in [6.07, 6.45) is 1.77. The van der Waals surface area contributed by atoms with Gasteiger partial charge in [0.25, 0.3) is 5.91 Å². The molecule has 7 heteroatoms. The summed E-state index contributed by atoms with van der Waals surface area (Å²) in [7, 11) is 5.22. The highest BCUT2D eigenvalue weighted by molar-refractivity contribution is 5.91. The molecular weight excluding hydrogens is 346 g/mol. The van der Waals surface area contributed by atoms with Crippen molar-refractivity contribution in [3.05, 3.63) is 65.4 Å². The minimum Gasteiger partial charge on any atom is -0.497 e. The van der Waals surface area contributed by atoms with Gasteiger partial charge in [0, 0.05) is 38.0 Å². The average molecular weight is 369 g/mol. The topological polar surface area (TPSA) is 69.7 Å². The van der Waals surface area contributed by atoms with Crippen molar-refractivity contribution in [2.45, 2.75) is 20.1 Å². The molecule has 0 radical (unpaired) electrons. The molecule has 2 heterocycles. The van der Waals surface area contributed by atoms with Gasteiger partial charge < -0.3 is 18.8 Å². The van der Waals surface area contributed by atoms with Crippen molar-refractivity contribution in [1.29, 1.82) is 0 Å². The molecule has 1 aromatic carbocycles. The second-order valence-electron chi connectivity index (χ2n) is 6.27. The molecule has 0 unspecified atom stereocenters. The largest absolute Gasteiger partial charge is 0.497 e. The molecule has 0 saturated heterocycles. The molecular formula is C20H23N3O4. The molecule has 3 rings (SSSR count). The molecule has 0 aliphatic heterocycles. The minimum atomic E-state index is -0.189. The van der Waals surface area contributed by atoms with Crippen molar-refractivity contribution in [1.82, 2.24) is 14.7 Å². The normalized spacial score (nSPS) is 10.7. The van der Waals surface area contributed by atoms with Crippen LogP contribution in [0.1, 0.15) is 27.6 Å². The molecule has 0 saturated carbocycles. The maximum absolute atomic E-state index is 12.6. The van der Waals surface area contributed by atoms with E-state index in [-0.39, 0.29) is 18.3 Å². The molecule has 0 atom stereocenters. The first-order valence-corrected chi connectivity index (χ1v) is 8.56. The number of amides is 1. The number of ether oxygens (including phenoxy) is 2. The molecule has 7 nitrogen and oxygen atoms in total. The van der Waals surface area contributed by atoms with Crippen LogP contribution in [0.2, 0.25) is 0 Å². The standard InChI is InChI=1S/C20H23N3O4/c1-14-15(11-21-23(14)3)12-22(2)20(24)19-9-8-18(27-19)13-26-17-7-5-6-16(10-17)25-4/h5-11H,12-13H2,1-4H3. The van der Waals surface area contributed by atoms with Gasteiger partial charge in [-0.15, -0.1) is 0 Å². The van der Waals surface area contributed by atoms with Gasteiger partial charge in [-0.05, 0) is 31.2 Å². The Morgan fingerprint density at radius 1 is 1.26 bits per heavy atom. The SMILES string of the molecule is COc1cccc(OCc2ccc(C(=O)N(C)Cc3cnn(C)c3C)o2)c1. The average Bonchev–Trinajstić information content (AvgIpc) is 3.28. The fourth-order valence-electron chi connectivity index (χ4n) is 2.63. The van der Waals surface area contributed by atoms with Gasteiger partial charge in [-0.1, -0.05) is 6.07 Å². The molecule has 2 aromatic heterocycles. The van der Waals surface area contributed by atoms with E-state index in [1.165, 1.54) is 0 Å². The summed E-state index contributed by atoms with van der Waals surface area (Å²) in [6, 6.07) is 10.7. The number of carbonyl (C=O) groups excluding carboxylic acids is 1. The van der Waals surface area contributed by atoms with Gasteiger partial charge in [0.2, 0.25) is 0 Å². The molecule has 3 aromatic rings. The van der Waals surface area contributed by atoms with Crippen LogP contribution in [0.15, 0.2) is 47.0 Å². The second kappa shape index (κ2) is 7.99. The molecule has 27 heavy (non-hydrogen) atoms. The maximum Gasteiger partial charge on any atom is 0.289 e. The second-order valence-corrected chi connectivity index (χ2v) is 6.27. The van der Waals surface area contributed by atoms with Gasteiger partial charge in [-0.2, -0.15) is 5.10 Å². The highest BCUT2D eigenvalue weighted by Gasteiger charge is 2.18. The molecule has 0 bridgehead atoms. The van der Waals surface area contributed by atoms with Gasteiger partial charge in [0.1, 0.15) is 23.9 Å². The van der Waals surface area contributed by atoms with E-state index in [2.05, 4.69) is 5.10 Å². The monoisotopic (exact) mass is 369 g/mol. The predicted octanol–water partition coefficient (Wildman–Crippen LogP) is 3.18. The number of aryl methyl sites for hydroxylation is 1. The first-order valence-electron chi connectivity index (χ1n) is 8.56. The number of methoxy groups -OCH3 is 1. The van der Waals surface area contributed by atoms with Crippen molar-refractivity contribution in [2.24, 2.45) is 7.05 Å². The van der Waals surface area contributed by atoms with Crippen molar-refractivity contribution in [3.63, 3.8) is 0 Å². The van der Waals surface area contributed by atoms with E-state index >= 15 is 0 Å². The fraction of sp³-hybridized carbons (Fsp3) is 0.300. The van der Waals surface area contributed by atoms with Crippen LogP contribution in [-0.4, -0.2) is 34.7 Å². The van der Waals surface area contributed by atoms with E-state index in [1.54, 1.807) is 48.1 Å². The van der Waals surface area contributed by atoms with Crippen molar-refractivity contribution in [3.8, 4) is 11.5 Å². The van der Waals surface area contributed by atoms with Crippen LogP contribution in [0.4, 0.5) is 0 Å². The summed E-state index contributed by atoms with van der Waals surface area (Å²) in [4.78, 5) is 14.2. The number of furan rings is 1. The van der Waals surface area contributed by atoms with Crippen LogP contribution in [0.25, 0.3) is 0 Å². The predicted molar refractivity (Wildman–Crippen MR) is 99.8 cm³/mol. The van der Waals surface area contributed by atoms with E-state index < -0.39 is 0 Å². The quantitative estimate of drug-likeness (QED) is 0.640. The van der Waals surface area contributed by atoms with Crippen LogP contribution in [0, 0.1) is 6.92 Å². The molecule has 0 aliphatic carbocycles. The number of carbonyl (C=O) groups is 1. The first kappa shape index (κ1) is 18.6. The summed E-state index contributed by atoms with van der Waals surface area (Å²) in [6.45, 7) is 2.67. The minimum absolute atomic E-state index is 0.189. The lowest BCUT2D eigenvalue weighted by Crippen LogP contribution is -2.26. The van der Waals surface area contributed by atoms with Crippen LogP contribution in [0.5, 0.6) is 11.5 Å². The summed E-state index contributed by atoms with van der Waals surface area (Å²) in [5, 5.41) is 4.20. The first-order chi connectivity index (χ1) is 13.0. The van der Waals surface area contributed by atoms with E-state index in [4.69, 9.17) is 13.9 Å². The molecule has 0 aliphatic rings. The third-order valence-corrected chi connectivity index (χ3v) is 4.39. The van der Waals surface area contributed by atoms with Gasteiger partial charge in [-0.3, -0.25) is 9.48 Å². The zero-order chi connectivity index (χ0) is 19.4. The third kappa shape index (κ3) is 4.31. The number of nitrogens with zero attached hydrogens (tertiary/aromatic N) is 3. The van der Waals surface area contributed by atoms with Gasteiger partial charge in [0.15, 0.2) is 5.76 Å². The summed E-state index contributed by atoms with van der Waals surface area (Å²) in [5.74, 6) is 2.05. The lowest BCUT2D eigenvalue weighted by Gasteiger charge is -2.15. The Kier molecular flexibility index (Phi) is 5.49. The zero-order valence-electron chi connectivity index (χ0n) is 15.9. The van der Waals surface area contributed by atoms with E-state index in [0.717, 1.165) is 17.0 Å². The lowest BCUT2D eigenvalue weighted by molar-refractivity contribution is 0.0749. The molecule has 142 valence electrons. The molecule has 0 N–H and O–H groups in total. The Balaban J connectivity index is 1.60. The Morgan fingerprint density at radius 3 is 2.74 bits per heavy atom. The van der Waals surface area contributed by atoms with E-state index in [0.29, 0.717) is 18.1 Å². The number of benzene rings is 1. The smallest absolute Gasteiger partial charge is 0.289 e. The maximum atomic E-state index is 12.6. The van der Waals surface area contributed by atoms with Crippen LogP contribution in [-0.2, 0) is 20.2 Å². The van der Waals surface area contributed by atoms with Gasteiger partial charge in [-0.25, -0.2) is 0 Å². The number of aromatic nitrogens is 2. The fourth-order valence-corrected chi connectivity index (χ4v) is 2.63. The van der Waals surface area contributed by atoms with Crippen molar-refractivity contribution in [2.75, 3.05) is 14.2 Å². The van der Waals surface area contributed by atoms with Gasteiger partial charge >= 0.3 is 0 Å². The Hall–Kier alpha value is -3.22. The molecule has 1 amide bonds. The zero-order valence-corrected chi connectivity index (χ0v) is 15.9. The number of hydrogen-bond donors (Lipinski definition) is 0. The summed E-state index contributed by atoms with van der Waals surface area (Å²) >= 11 is 0. The highest BCUT2D eigenvalue weighted by Crippen LogP contribution is 2.21. The van der Waals surface area contributed by atoms with E-state index in [1.807, 2.05) is 32.2 Å². The Morgan fingerprint density at radius 2 is 2.04 bits per heavy atom. The third-order valence-electron chi connectivity index (χ3n) is 4.39. The molecule has 0 spiro atoms. The van der Waals surface area contributed by atoms with Gasteiger partial charge in [0.05, 0.1) is 13.3 Å². The number of rotatable bonds is 7. The Labute approximate surface area is 158 Å². The van der Waals surface area contributed by atoms with Crippen LogP contribution >= 0.6 is 0 Å². The van der Waals surface area contributed by atoms with Crippen molar-refractivity contribution >= 4 is 5.91 Å². The molecule has 0 fully saturated rings. The van der Waals surface area contributed by atoms with Crippen LogP contribution < -0.4 is 9.47 Å². The number of hydrogen-bond acceptors (Lipinski definition) is 5. The summed E-state index contributed by atoms with van der Waals surface area (Å²) in [5.41, 5.74) is 2.03. The van der Waals surface area contributed by atoms with Crippen molar-refractivity contribution < 1.29 is 18.7 Å². The van der Waals surface area contributed by atoms with E-state index in [9.17, 15) is 4.79 Å². The highest BCUT2D eigenvalue weighted by atomic mass is 16.5. The van der Waals surface area contributed by atoms with Crippen LogP contribution in [0.3, 0.4) is 0 Å².